The number of carbonyl (C=O) groups excluding carboxylic acids is 1. The molecular weight excluding hydrogens is 312 g/mol. The molecule has 6 heteroatoms. The minimum Gasteiger partial charge on any atom is -0.348 e. The van der Waals surface area contributed by atoms with Gasteiger partial charge in [-0.15, -0.1) is 0 Å². The number of nitrogens with one attached hydrogen (secondary N) is 2. The average Bonchev–Trinajstić information content (AvgIpc) is 2.49. The first kappa shape index (κ1) is 17.9. The van der Waals surface area contributed by atoms with Crippen molar-refractivity contribution in [1.29, 1.82) is 0 Å². The molecule has 1 fully saturated rings. The van der Waals surface area contributed by atoms with Gasteiger partial charge in [0.05, 0.1) is 6.04 Å². The van der Waals surface area contributed by atoms with Gasteiger partial charge in [-0.25, -0.2) is 8.42 Å². The predicted molar refractivity (Wildman–Crippen MR) is 92.2 cm³/mol. The van der Waals surface area contributed by atoms with Gasteiger partial charge in [0.15, 0.2) is 14.6 Å². The summed E-state index contributed by atoms with van der Waals surface area (Å²) in [5.41, 5.74) is 3.30. The highest BCUT2D eigenvalue weighted by Crippen LogP contribution is 2.29. The lowest BCUT2D eigenvalue weighted by Gasteiger charge is -2.35. The van der Waals surface area contributed by atoms with Gasteiger partial charge in [-0.1, -0.05) is 18.2 Å². The molecular formula is C17H26N2O3S. The van der Waals surface area contributed by atoms with E-state index in [9.17, 15) is 13.2 Å². The van der Waals surface area contributed by atoms with Crippen molar-refractivity contribution in [3.8, 4) is 0 Å². The molecule has 0 aromatic heterocycles. The highest BCUT2D eigenvalue weighted by molar-refractivity contribution is 7.92. The van der Waals surface area contributed by atoms with E-state index < -0.39 is 14.6 Å². The van der Waals surface area contributed by atoms with Gasteiger partial charge in [-0.2, -0.15) is 0 Å². The molecule has 1 aromatic rings. The molecule has 2 N–H and O–H groups in total. The van der Waals surface area contributed by atoms with Gasteiger partial charge in [0.1, 0.15) is 0 Å². The number of sulfone groups is 1. The Morgan fingerprint density at radius 3 is 2.43 bits per heavy atom. The Hall–Kier alpha value is -1.40. The fourth-order valence-corrected chi connectivity index (χ4v) is 4.59. The number of amides is 1. The van der Waals surface area contributed by atoms with Gasteiger partial charge >= 0.3 is 0 Å². The van der Waals surface area contributed by atoms with Gasteiger partial charge in [-0.3, -0.25) is 4.79 Å². The molecule has 23 heavy (non-hydrogen) atoms. The molecule has 1 unspecified atom stereocenters. The number of hydrogen-bond acceptors (Lipinski definition) is 4. The average molecular weight is 338 g/mol. The molecule has 0 radical (unpaired) electrons. The molecule has 1 saturated heterocycles. The fraction of sp³-hybridized carbons (Fsp3) is 0.588. The van der Waals surface area contributed by atoms with Crippen LogP contribution in [0.15, 0.2) is 18.2 Å². The van der Waals surface area contributed by atoms with E-state index in [4.69, 9.17) is 0 Å². The van der Waals surface area contributed by atoms with Crippen LogP contribution in [0.25, 0.3) is 0 Å². The van der Waals surface area contributed by atoms with Crippen LogP contribution in [0.2, 0.25) is 0 Å². The van der Waals surface area contributed by atoms with Crippen LogP contribution >= 0.6 is 0 Å². The molecule has 5 nitrogen and oxygen atoms in total. The quantitative estimate of drug-likeness (QED) is 0.875. The number of benzene rings is 1. The highest BCUT2D eigenvalue weighted by atomic mass is 32.2. The maximum atomic E-state index is 12.8. The Labute approximate surface area is 138 Å². The minimum atomic E-state index is -3.48. The number of aryl methyl sites for hydroxylation is 1. The van der Waals surface area contributed by atoms with Gasteiger partial charge in [-0.05, 0) is 63.4 Å². The number of hydrogen-bond donors (Lipinski definition) is 2. The zero-order chi connectivity index (χ0) is 17.3. The fourth-order valence-electron chi connectivity index (χ4n) is 3.25. The molecule has 0 bridgehead atoms. The lowest BCUT2D eigenvalue weighted by molar-refractivity contribution is -0.125. The maximum absolute atomic E-state index is 12.8. The zero-order valence-electron chi connectivity index (χ0n) is 14.3. The van der Waals surface area contributed by atoms with Crippen LogP contribution in [0.5, 0.6) is 0 Å². The largest absolute Gasteiger partial charge is 0.348 e. The van der Waals surface area contributed by atoms with Crippen molar-refractivity contribution in [2.75, 3.05) is 19.3 Å². The molecule has 0 aliphatic carbocycles. The van der Waals surface area contributed by atoms with Gasteiger partial charge in [0, 0.05) is 6.26 Å². The third-order valence-electron chi connectivity index (χ3n) is 5.00. The number of rotatable bonds is 4. The summed E-state index contributed by atoms with van der Waals surface area (Å²) in [5, 5.41) is 6.06. The molecule has 0 spiro atoms. The van der Waals surface area contributed by atoms with E-state index in [0.717, 1.165) is 16.7 Å². The van der Waals surface area contributed by atoms with E-state index in [1.807, 2.05) is 39.0 Å². The zero-order valence-corrected chi connectivity index (χ0v) is 15.1. The summed E-state index contributed by atoms with van der Waals surface area (Å²) < 4.78 is 23.3. The summed E-state index contributed by atoms with van der Waals surface area (Å²) in [6.07, 6.45) is 1.80. The second-order valence-corrected chi connectivity index (χ2v) is 8.83. The first-order chi connectivity index (χ1) is 10.7. The van der Waals surface area contributed by atoms with Crippen molar-refractivity contribution in [2.45, 2.75) is 44.4 Å². The predicted octanol–water partition coefficient (Wildman–Crippen LogP) is 1.65. The van der Waals surface area contributed by atoms with Crippen LogP contribution in [-0.4, -0.2) is 38.4 Å². The molecule has 1 amide bonds. The van der Waals surface area contributed by atoms with E-state index in [2.05, 4.69) is 10.6 Å². The molecule has 1 aromatic carbocycles. The molecule has 1 atom stereocenters. The molecule has 1 aliphatic heterocycles. The number of carbonyl (C=O) groups is 1. The lowest BCUT2D eigenvalue weighted by atomic mass is 9.94. The summed E-state index contributed by atoms with van der Waals surface area (Å²) in [6.45, 7) is 7.02. The second kappa shape index (κ2) is 6.61. The summed E-state index contributed by atoms with van der Waals surface area (Å²) in [7, 11) is -3.48. The summed E-state index contributed by atoms with van der Waals surface area (Å²) in [5.74, 6) is -0.380. The van der Waals surface area contributed by atoms with Crippen LogP contribution in [0.1, 0.15) is 42.5 Å². The summed E-state index contributed by atoms with van der Waals surface area (Å²) in [4.78, 5) is 12.8. The molecule has 1 aliphatic rings. The van der Waals surface area contributed by atoms with Gasteiger partial charge in [0.2, 0.25) is 5.91 Å². The smallest absolute Gasteiger partial charge is 0.242 e. The Bertz CT molecular complexity index is 692. The second-order valence-electron chi connectivity index (χ2n) is 6.50. The van der Waals surface area contributed by atoms with E-state index >= 15 is 0 Å². The third kappa shape index (κ3) is 3.43. The van der Waals surface area contributed by atoms with Crippen LogP contribution in [-0.2, 0) is 14.6 Å². The van der Waals surface area contributed by atoms with Crippen molar-refractivity contribution in [3.05, 3.63) is 34.9 Å². The monoisotopic (exact) mass is 338 g/mol. The van der Waals surface area contributed by atoms with Crippen LogP contribution in [0.4, 0.5) is 0 Å². The summed E-state index contributed by atoms with van der Waals surface area (Å²) >= 11 is 0. The first-order valence-corrected chi connectivity index (χ1v) is 9.85. The van der Waals surface area contributed by atoms with E-state index in [1.165, 1.54) is 6.26 Å². The van der Waals surface area contributed by atoms with Crippen molar-refractivity contribution >= 4 is 15.7 Å². The Morgan fingerprint density at radius 1 is 1.26 bits per heavy atom. The van der Waals surface area contributed by atoms with Crippen LogP contribution in [0.3, 0.4) is 0 Å². The Balaban J connectivity index is 2.27. The molecule has 1 heterocycles. The molecule has 2 rings (SSSR count). The van der Waals surface area contributed by atoms with Crippen molar-refractivity contribution in [3.63, 3.8) is 0 Å². The topological polar surface area (TPSA) is 75.3 Å². The first-order valence-electron chi connectivity index (χ1n) is 7.96. The van der Waals surface area contributed by atoms with Gasteiger partial charge < -0.3 is 10.6 Å². The van der Waals surface area contributed by atoms with Gasteiger partial charge in [0.25, 0.3) is 0 Å². The van der Waals surface area contributed by atoms with Crippen molar-refractivity contribution in [2.24, 2.45) is 0 Å². The van der Waals surface area contributed by atoms with Crippen LogP contribution in [0, 0.1) is 13.8 Å². The van der Waals surface area contributed by atoms with Crippen molar-refractivity contribution < 1.29 is 13.2 Å². The van der Waals surface area contributed by atoms with Crippen molar-refractivity contribution in [1.82, 2.24) is 10.6 Å². The summed E-state index contributed by atoms with van der Waals surface area (Å²) in [6, 6.07) is 5.73. The lowest BCUT2D eigenvalue weighted by Crippen LogP contribution is -2.57. The third-order valence-corrected chi connectivity index (χ3v) is 7.01. The number of piperidine rings is 1. The van der Waals surface area contributed by atoms with E-state index in [1.54, 1.807) is 0 Å². The standard InChI is InChI=1S/C17H26N2O3S/c1-12-6-5-7-15(13(12)2)14(3)19-16(20)17(23(4,21)22)8-10-18-11-9-17/h5-7,14,18H,8-11H2,1-4H3,(H,19,20). The normalized spacial score (nSPS) is 19.1. The molecule has 0 saturated carbocycles. The van der Waals surface area contributed by atoms with E-state index in [-0.39, 0.29) is 11.9 Å². The van der Waals surface area contributed by atoms with Crippen LogP contribution < -0.4 is 10.6 Å². The Kier molecular flexibility index (Phi) is 5.16. The van der Waals surface area contributed by atoms with E-state index in [0.29, 0.717) is 25.9 Å². The molecule has 128 valence electrons. The maximum Gasteiger partial charge on any atom is 0.242 e. The SMILES string of the molecule is Cc1cccc(C(C)NC(=O)C2(S(C)(=O)=O)CCNCC2)c1C. The minimum absolute atomic E-state index is 0.226. The Morgan fingerprint density at radius 2 is 1.87 bits per heavy atom. The highest BCUT2D eigenvalue weighted by Gasteiger charge is 2.48.